The lowest BCUT2D eigenvalue weighted by atomic mass is 9.64. The van der Waals surface area contributed by atoms with Crippen molar-refractivity contribution in [2.75, 3.05) is 26.7 Å². The molecule has 26 heavy (non-hydrogen) atoms. The first-order chi connectivity index (χ1) is 12.6. The molecule has 2 fully saturated rings. The first-order valence-electron chi connectivity index (χ1n) is 9.57. The van der Waals surface area contributed by atoms with Crippen molar-refractivity contribution in [3.8, 4) is 0 Å². The molecule has 0 aromatic heterocycles. The van der Waals surface area contributed by atoms with E-state index in [1.165, 1.54) is 24.8 Å². The molecule has 2 N–H and O–H groups in total. The van der Waals surface area contributed by atoms with Gasteiger partial charge in [0.1, 0.15) is 0 Å². The van der Waals surface area contributed by atoms with Gasteiger partial charge in [0, 0.05) is 49.0 Å². The lowest BCUT2D eigenvalue weighted by Crippen LogP contribution is -2.51. The molecular weight excluding hydrogens is 392 g/mol. The van der Waals surface area contributed by atoms with Gasteiger partial charge in [0.05, 0.1) is 0 Å². The van der Waals surface area contributed by atoms with Crippen LogP contribution in [-0.4, -0.2) is 49.5 Å². The molecule has 1 aromatic rings. The third-order valence-electron chi connectivity index (χ3n) is 5.75. The van der Waals surface area contributed by atoms with Gasteiger partial charge in [-0.05, 0) is 37.0 Å². The van der Waals surface area contributed by atoms with E-state index in [0.717, 1.165) is 36.5 Å². The highest BCUT2D eigenvalue weighted by Gasteiger charge is 2.39. The molecule has 3 rings (SSSR count). The number of amides is 1. The average Bonchev–Trinajstić information content (AvgIpc) is 3.07. The molecular formula is C20H29BrN4O. The van der Waals surface area contributed by atoms with Gasteiger partial charge in [-0.1, -0.05) is 41.4 Å². The molecule has 142 valence electrons. The first-order valence-corrected chi connectivity index (χ1v) is 10.4. The van der Waals surface area contributed by atoms with Gasteiger partial charge in [-0.25, -0.2) is 0 Å². The minimum absolute atomic E-state index is 0.196. The van der Waals surface area contributed by atoms with E-state index in [4.69, 9.17) is 0 Å². The number of carbonyl (C=O) groups excluding carboxylic acids is 1. The Bertz CT molecular complexity index is 672. The standard InChI is InChI=1S/C20H29BrN4O/c1-3-18(26)25-11-8-17(13-25)24-19(22-2)23-14-20(9-5-10-20)15-6-4-7-16(21)12-15/h4,6-7,12,17H,3,5,8-11,13-14H2,1-2H3,(H2,22,23,24). The summed E-state index contributed by atoms with van der Waals surface area (Å²) in [4.78, 5) is 18.2. The van der Waals surface area contributed by atoms with Crippen LogP contribution in [0.1, 0.15) is 44.6 Å². The van der Waals surface area contributed by atoms with Crippen molar-refractivity contribution in [1.29, 1.82) is 0 Å². The van der Waals surface area contributed by atoms with Crippen molar-refractivity contribution in [3.63, 3.8) is 0 Å². The number of likely N-dealkylation sites (tertiary alicyclic amines) is 1. The van der Waals surface area contributed by atoms with Crippen molar-refractivity contribution in [3.05, 3.63) is 34.3 Å². The van der Waals surface area contributed by atoms with Crippen LogP contribution in [0, 0.1) is 0 Å². The van der Waals surface area contributed by atoms with Gasteiger partial charge in [-0.15, -0.1) is 0 Å². The van der Waals surface area contributed by atoms with Gasteiger partial charge in [0.25, 0.3) is 0 Å². The molecule has 0 bridgehead atoms. The molecule has 1 aromatic carbocycles. The van der Waals surface area contributed by atoms with E-state index >= 15 is 0 Å². The highest BCUT2D eigenvalue weighted by molar-refractivity contribution is 9.10. The van der Waals surface area contributed by atoms with Gasteiger partial charge in [0.15, 0.2) is 5.96 Å². The fraction of sp³-hybridized carbons (Fsp3) is 0.600. The smallest absolute Gasteiger partial charge is 0.222 e. The number of halogens is 1. The zero-order valence-corrected chi connectivity index (χ0v) is 17.3. The van der Waals surface area contributed by atoms with Crippen LogP contribution in [0.3, 0.4) is 0 Å². The number of aliphatic imine (C=N–C) groups is 1. The quantitative estimate of drug-likeness (QED) is 0.568. The number of nitrogens with zero attached hydrogens (tertiary/aromatic N) is 2. The molecule has 5 nitrogen and oxygen atoms in total. The summed E-state index contributed by atoms with van der Waals surface area (Å²) in [7, 11) is 1.81. The van der Waals surface area contributed by atoms with Gasteiger partial charge in [-0.2, -0.15) is 0 Å². The molecule has 0 radical (unpaired) electrons. The van der Waals surface area contributed by atoms with Crippen LogP contribution < -0.4 is 10.6 Å². The van der Waals surface area contributed by atoms with Gasteiger partial charge < -0.3 is 15.5 Å². The Morgan fingerprint density at radius 2 is 2.23 bits per heavy atom. The number of carbonyl (C=O) groups is 1. The Labute approximate surface area is 164 Å². The lowest BCUT2D eigenvalue weighted by molar-refractivity contribution is -0.129. The normalized spacial score (nSPS) is 22.0. The highest BCUT2D eigenvalue weighted by atomic mass is 79.9. The van der Waals surface area contributed by atoms with E-state index in [0.29, 0.717) is 6.42 Å². The number of guanidine groups is 1. The maximum Gasteiger partial charge on any atom is 0.222 e. The number of hydrogen-bond acceptors (Lipinski definition) is 2. The summed E-state index contributed by atoms with van der Waals surface area (Å²) in [5.74, 6) is 1.07. The predicted molar refractivity (Wildman–Crippen MR) is 109 cm³/mol. The summed E-state index contributed by atoms with van der Waals surface area (Å²) in [6, 6.07) is 8.94. The van der Waals surface area contributed by atoms with Crippen LogP contribution in [0.2, 0.25) is 0 Å². The average molecular weight is 421 g/mol. The number of benzene rings is 1. The summed E-state index contributed by atoms with van der Waals surface area (Å²) >= 11 is 3.59. The number of hydrogen-bond donors (Lipinski definition) is 2. The van der Waals surface area contributed by atoms with Gasteiger partial charge in [0.2, 0.25) is 5.91 Å². The summed E-state index contributed by atoms with van der Waals surface area (Å²) in [5.41, 5.74) is 1.59. The minimum atomic E-state index is 0.196. The number of nitrogens with one attached hydrogen (secondary N) is 2. The van der Waals surface area contributed by atoms with Gasteiger partial charge >= 0.3 is 0 Å². The molecule has 1 heterocycles. The van der Waals surface area contributed by atoms with E-state index in [2.05, 4.69) is 55.8 Å². The molecule has 1 saturated carbocycles. The molecule has 1 aliphatic carbocycles. The molecule has 1 unspecified atom stereocenters. The third-order valence-corrected chi connectivity index (χ3v) is 6.24. The lowest BCUT2D eigenvalue weighted by Gasteiger charge is -2.43. The van der Waals surface area contributed by atoms with Crippen LogP contribution in [0.5, 0.6) is 0 Å². The van der Waals surface area contributed by atoms with Crippen molar-refractivity contribution in [2.24, 2.45) is 4.99 Å². The van der Waals surface area contributed by atoms with E-state index in [1.807, 2.05) is 18.9 Å². The highest BCUT2D eigenvalue weighted by Crippen LogP contribution is 2.43. The molecule has 6 heteroatoms. The fourth-order valence-corrected chi connectivity index (χ4v) is 4.36. The van der Waals surface area contributed by atoms with Gasteiger partial charge in [-0.3, -0.25) is 9.79 Å². The van der Waals surface area contributed by atoms with E-state index in [1.54, 1.807) is 0 Å². The number of rotatable bonds is 5. The van der Waals surface area contributed by atoms with Crippen LogP contribution in [0.15, 0.2) is 33.7 Å². The van der Waals surface area contributed by atoms with E-state index in [-0.39, 0.29) is 17.4 Å². The molecule has 1 saturated heterocycles. The molecule has 1 atom stereocenters. The maximum atomic E-state index is 11.9. The van der Waals surface area contributed by atoms with Crippen molar-refractivity contribution >= 4 is 27.8 Å². The topological polar surface area (TPSA) is 56.7 Å². The van der Waals surface area contributed by atoms with Crippen molar-refractivity contribution in [2.45, 2.75) is 50.5 Å². The van der Waals surface area contributed by atoms with Crippen molar-refractivity contribution in [1.82, 2.24) is 15.5 Å². The van der Waals surface area contributed by atoms with Crippen LogP contribution in [0.4, 0.5) is 0 Å². The second-order valence-electron chi connectivity index (χ2n) is 7.39. The molecule has 1 aliphatic heterocycles. The third kappa shape index (κ3) is 4.22. The Morgan fingerprint density at radius 3 is 2.85 bits per heavy atom. The second-order valence-corrected chi connectivity index (χ2v) is 8.31. The van der Waals surface area contributed by atoms with E-state index < -0.39 is 0 Å². The van der Waals surface area contributed by atoms with Crippen LogP contribution in [0.25, 0.3) is 0 Å². The Balaban J connectivity index is 1.56. The Kier molecular flexibility index (Phi) is 6.22. The fourth-order valence-electron chi connectivity index (χ4n) is 3.96. The SMILES string of the molecule is CCC(=O)N1CCC(NC(=NC)NCC2(c3cccc(Br)c3)CCC2)C1. The first kappa shape index (κ1) is 19.2. The second kappa shape index (κ2) is 8.42. The summed E-state index contributed by atoms with van der Waals surface area (Å²) in [5, 5.41) is 7.03. The molecule has 1 amide bonds. The summed E-state index contributed by atoms with van der Waals surface area (Å²) < 4.78 is 1.13. The van der Waals surface area contributed by atoms with E-state index in [9.17, 15) is 4.79 Å². The summed E-state index contributed by atoms with van der Waals surface area (Å²) in [6.45, 7) is 4.41. The zero-order valence-electron chi connectivity index (χ0n) is 15.7. The molecule has 0 spiro atoms. The Hall–Kier alpha value is -1.56. The largest absolute Gasteiger partial charge is 0.356 e. The summed E-state index contributed by atoms with van der Waals surface area (Å²) in [6.07, 6.45) is 5.24. The van der Waals surface area contributed by atoms with Crippen LogP contribution in [-0.2, 0) is 10.2 Å². The van der Waals surface area contributed by atoms with Crippen molar-refractivity contribution < 1.29 is 4.79 Å². The Morgan fingerprint density at radius 1 is 1.42 bits per heavy atom. The predicted octanol–water partition coefficient (Wildman–Crippen LogP) is 3.05. The maximum absolute atomic E-state index is 11.9. The molecule has 2 aliphatic rings. The minimum Gasteiger partial charge on any atom is -0.356 e. The van der Waals surface area contributed by atoms with Crippen LogP contribution >= 0.6 is 15.9 Å². The zero-order chi connectivity index (χ0) is 18.6. The monoisotopic (exact) mass is 420 g/mol.